The van der Waals surface area contributed by atoms with Crippen molar-refractivity contribution in [2.75, 3.05) is 6.61 Å². The Morgan fingerprint density at radius 2 is 1.80 bits per heavy atom. The maximum Gasteiger partial charge on any atom is 0.404 e. The van der Waals surface area contributed by atoms with Crippen molar-refractivity contribution in [3.63, 3.8) is 0 Å². The van der Waals surface area contributed by atoms with E-state index in [2.05, 4.69) is 5.32 Å². The molecule has 0 aromatic heterocycles. The van der Waals surface area contributed by atoms with Gasteiger partial charge in [0, 0.05) is 6.04 Å². The minimum absolute atomic E-state index is 0.0211. The predicted molar refractivity (Wildman–Crippen MR) is 50.8 cm³/mol. The smallest absolute Gasteiger partial charge is 0.404 e. The van der Waals surface area contributed by atoms with Gasteiger partial charge in [-0.1, -0.05) is 0 Å². The zero-order valence-electron chi connectivity index (χ0n) is 8.31. The lowest BCUT2D eigenvalue weighted by molar-refractivity contribution is -0.145. The molecular formula is C9H15NO5. The van der Waals surface area contributed by atoms with Gasteiger partial charge in [-0.2, -0.15) is 0 Å². The van der Waals surface area contributed by atoms with Crippen LogP contribution in [0.2, 0.25) is 0 Å². The first-order chi connectivity index (χ1) is 7.08. The molecule has 1 fully saturated rings. The van der Waals surface area contributed by atoms with Crippen LogP contribution in [-0.4, -0.2) is 41.0 Å². The van der Waals surface area contributed by atoms with Crippen molar-refractivity contribution in [1.82, 2.24) is 5.32 Å². The molecule has 0 atom stereocenters. The van der Waals surface area contributed by atoms with Crippen LogP contribution in [0, 0.1) is 0 Å². The number of amides is 1. The van der Waals surface area contributed by atoms with Gasteiger partial charge in [-0.3, -0.25) is 0 Å². The van der Waals surface area contributed by atoms with Crippen LogP contribution >= 0.6 is 0 Å². The van der Waals surface area contributed by atoms with Crippen LogP contribution in [-0.2, 0) is 9.53 Å². The number of rotatable bonds is 4. The Morgan fingerprint density at radius 1 is 1.20 bits per heavy atom. The van der Waals surface area contributed by atoms with Gasteiger partial charge in [-0.05, 0) is 25.7 Å². The predicted octanol–water partition coefficient (Wildman–Crippen LogP) is 0.666. The van der Waals surface area contributed by atoms with Crippen molar-refractivity contribution in [3.05, 3.63) is 0 Å². The van der Waals surface area contributed by atoms with Crippen molar-refractivity contribution in [2.45, 2.75) is 37.8 Å². The summed E-state index contributed by atoms with van der Waals surface area (Å²) in [5, 5.41) is 19.3. The minimum Gasteiger partial charge on any atom is -0.480 e. The molecule has 1 aliphatic carbocycles. The molecule has 0 spiro atoms. The summed E-state index contributed by atoms with van der Waals surface area (Å²) in [6.45, 7) is -0.276. The molecule has 0 aromatic rings. The molecule has 1 aliphatic rings. The fourth-order valence-electron chi connectivity index (χ4n) is 1.74. The number of carboxylic acid groups (broad SMARTS) is 2. The number of hydrogen-bond donors (Lipinski definition) is 3. The summed E-state index contributed by atoms with van der Waals surface area (Å²) in [4.78, 5) is 20.6. The van der Waals surface area contributed by atoms with Crippen LogP contribution in [0.3, 0.4) is 0 Å². The van der Waals surface area contributed by atoms with E-state index in [9.17, 15) is 9.59 Å². The summed E-state index contributed by atoms with van der Waals surface area (Å²) in [6, 6.07) is -0.0211. The Bertz CT molecular complexity index is 235. The molecule has 6 heteroatoms. The molecule has 15 heavy (non-hydrogen) atoms. The van der Waals surface area contributed by atoms with Gasteiger partial charge < -0.3 is 20.3 Å². The molecule has 0 saturated heterocycles. The van der Waals surface area contributed by atoms with Crippen LogP contribution in [0.15, 0.2) is 0 Å². The van der Waals surface area contributed by atoms with E-state index in [-0.39, 0.29) is 18.8 Å². The zero-order chi connectivity index (χ0) is 11.3. The highest BCUT2D eigenvalue weighted by atomic mass is 16.5. The average Bonchev–Trinajstić information content (AvgIpc) is 2.16. The third kappa shape index (κ3) is 4.64. The fraction of sp³-hybridized carbons (Fsp3) is 0.778. The first-order valence-electron chi connectivity index (χ1n) is 4.91. The van der Waals surface area contributed by atoms with Gasteiger partial charge in [-0.25, -0.2) is 9.59 Å². The van der Waals surface area contributed by atoms with Gasteiger partial charge in [0.1, 0.15) is 6.61 Å². The third-order valence-corrected chi connectivity index (χ3v) is 2.44. The Morgan fingerprint density at radius 3 is 2.27 bits per heavy atom. The Labute approximate surface area is 87.2 Å². The molecule has 1 saturated carbocycles. The molecular weight excluding hydrogens is 202 g/mol. The Hall–Kier alpha value is -1.30. The molecule has 0 heterocycles. The standard InChI is InChI=1S/C9H15NO5/c11-8(12)5-15-7-3-1-6(2-4-7)10-9(13)14/h6-7,10H,1-5H2,(H,11,12)(H,13,14)/t6-,7+. The second-order valence-corrected chi connectivity index (χ2v) is 3.63. The van der Waals surface area contributed by atoms with E-state index >= 15 is 0 Å². The van der Waals surface area contributed by atoms with Crippen molar-refractivity contribution in [2.24, 2.45) is 0 Å². The summed E-state index contributed by atoms with van der Waals surface area (Å²) in [6.07, 6.45) is 1.77. The topological polar surface area (TPSA) is 95.9 Å². The molecule has 1 amide bonds. The molecule has 0 bridgehead atoms. The lowest BCUT2D eigenvalue weighted by Crippen LogP contribution is -2.38. The molecule has 0 aliphatic heterocycles. The van der Waals surface area contributed by atoms with Gasteiger partial charge in [0.05, 0.1) is 6.10 Å². The monoisotopic (exact) mass is 217 g/mol. The van der Waals surface area contributed by atoms with E-state index in [0.717, 1.165) is 0 Å². The van der Waals surface area contributed by atoms with E-state index in [1.807, 2.05) is 0 Å². The normalized spacial score (nSPS) is 25.9. The van der Waals surface area contributed by atoms with E-state index in [4.69, 9.17) is 14.9 Å². The second-order valence-electron chi connectivity index (χ2n) is 3.63. The molecule has 1 rings (SSSR count). The summed E-state index contributed by atoms with van der Waals surface area (Å²) >= 11 is 0. The van der Waals surface area contributed by atoms with Crippen LogP contribution < -0.4 is 5.32 Å². The number of nitrogens with one attached hydrogen (secondary N) is 1. The highest BCUT2D eigenvalue weighted by molar-refractivity contribution is 5.68. The number of hydrogen-bond acceptors (Lipinski definition) is 3. The largest absolute Gasteiger partial charge is 0.480 e. The van der Waals surface area contributed by atoms with Crippen LogP contribution in [0.4, 0.5) is 4.79 Å². The maximum absolute atomic E-state index is 10.3. The van der Waals surface area contributed by atoms with Gasteiger partial charge >= 0.3 is 12.1 Å². The Balaban J connectivity index is 2.18. The molecule has 0 radical (unpaired) electrons. The Kier molecular flexibility index (Phi) is 4.36. The lowest BCUT2D eigenvalue weighted by atomic mass is 9.93. The van der Waals surface area contributed by atoms with Crippen LogP contribution in [0.1, 0.15) is 25.7 Å². The van der Waals surface area contributed by atoms with Crippen molar-refractivity contribution < 1.29 is 24.5 Å². The summed E-state index contributed by atoms with van der Waals surface area (Å²) in [5.74, 6) is -0.971. The summed E-state index contributed by atoms with van der Waals surface area (Å²) < 4.78 is 5.12. The van der Waals surface area contributed by atoms with Crippen LogP contribution in [0.25, 0.3) is 0 Å². The summed E-state index contributed by atoms with van der Waals surface area (Å²) in [5.41, 5.74) is 0. The van der Waals surface area contributed by atoms with E-state index in [0.29, 0.717) is 25.7 Å². The van der Waals surface area contributed by atoms with E-state index < -0.39 is 12.1 Å². The molecule has 0 aromatic carbocycles. The summed E-state index contributed by atoms with van der Waals surface area (Å²) in [7, 11) is 0. The second kappa shape index (κ2) is 5.55. The number of aliphatic carboxylic acids is 1. The van der Waals surface area contributed by atoms with Gasteiger partial charge in [0.25, 0.3) is 0 Å². The van der Waals surface area contributed by atoms with Gasteiger partial charge in [-0.15, -0.1) is 0 Å². The molecule has 6 nitrogen and oxygen atoms in total. The highest BCUT2D eigenvalue weighted by Gasteiger charge is 2.22. The highest BCUT2D eigenvalue weighted by Crippen LogP contribution is 2.20. The van der Waals surface area contributed by atoms with E-state index in [1.54, 1.807) is 0 Å². The minimum atomic E-state index is -1.01. The van der Waals surface area contributed by atoms with Gasteiger partial charge in [0.15, 0.2) is 0 Å². The van der Waals surface area contributed by atoms with Crippen molar-refractivity contribution in [1.29, 1.82) is 0 Å². The number of carboxylic acids is 1. The third-order valence-electron chi connectivity index (χ3n) is 2.44. The quantitative estimate of drug-likeness (QED) is 0.643. The zero-order valence-corrected chi connectivity index (χ0v) is 8.31. The van der Waals surface area contributed by atoms with Crippen LogP contribution in [0.5, 0.6) is 0 Å². The van der Waals surface area contributed by atoms with Crippen molar-refractivity contribution in [3.8, 4) is 0 Å². The fourth-order valence-corrected chi connectivity index (χ4v) is 1.74. The number of ether oxygens (including phenoxy) is 1. The SMILES string of the molecule is O=C(O)CO[C@H]1CC[C@@H](NC(=O)O)CC1. The molecule has 86 valence electrons. The first-order valence-corrected chi connectivity index (χ1v) is 4.91. The van der Waals surface area contributed by atoms with Gasteiger partial charge in [0.2, 0.25) is 0 Å². The molecule has 0 unspecified atom stereocenters. The first kappa shape index (κ1) is 11.8. The van der Waals surface area contributed by atoms with E-state index in [1.165, 1.54) is 0 Å². The maximum atomic E-state index is 10.3. The lowest BCUT2D eigenvalue weighted by Gasteiger charge is -2.27. The molecule has 3 N–H and O–H groups in total. The average molecular weight is 217 g/mol. The number of carbonyl (C=O) groups is 2. The van der Waals surface area contributed by atoms with Crippen molar-refractivity contribution >= 4 is 12.1 Å².